The number of rotatable bonds is 3. The van der Waals surface area contributed by atoms with Gasteiger partial charge in [0.05, 0.1) is 11.0 Å². The van der Waals surface area contributed by atoms with Crippen LogP contribution < -0.4 is 16.7 Å². The van der Waals surface area contributed by atoms with Gasteiger partial charge in [0.25, 0.3) is 0 Å². The number of benzene rings is 1. The predicted molar refractivity (Wildman–Crippen MR) is 97.2 cm³/mol. The highest BCUT2D eigenvalue weighted by atomic mass is 16.2. The largest absolute Gasteiger partial charge is 0.351 e. The number of amides is 1. The van der Waals surface area contributed by atoms with Crippen molar-refractivity contribution in [1.29, 1.82) is 0 Å². The van der Waals surface area contributed by atoms with Gasteiger partial charge in [-0.25, -0.2) is 4.79 Å². The minimum absolute atomic E-state index is 0.0716. The van der Waals surface area contributed by atoms with E-state index in [1.54, 1.807) is 16.2 Å². The Bertz CT molecular complexity index is 839. The highest BCUT2D eigenvalue weighted by molar-refractivity contribution is 5.81. The van der Waals surface area contributed by atoms with E-state index < -0.39 is 0 Å². The highest BCUT2D eigenvalue weighted by Gasteiger charge is 2.39. The summed E-state index contributed by atoms with van der Waals surface area (Å²) < 4.78 is 3.16. The summed E-state index contributed by atoms with van der Waals surface area (Å²) in [6.45, 7) is 0.0716. The molecule has 2 saturated carbocycles. The van der Waals surface area contributed by atoms with Crippen molar-refractivity contribution >= 4 is 16.9 Å². The van der Waals surface area contributed by atoms with E-state index in [4.69, 9.17) is 5.73 Å². The first kappa shape index (κ1) is 16.4. The van der Waals surface area contributed by atoms with Crippen LogP contribution in [-0.2, 0) is 18.4 Å². The summed E-state index contributed by atoms with van der Waals surface area (Å²) in [6, 6.07) is 8.06. The van der Waals surface area contributed by atoms with Gasteiger partial charge in [-0.2, -0.15) is 0 Å². The van der Waals surface area contributed by atoms with Crippen molar-refractivity contribution in [2.24, 2.45) is 24.6 Å². The Morgan fingerprint density at radius 2 is 1.84 bits per heavy atom. The third kappa shape index (κ3) is 2.88. The van der Waals surface area contributed by atoms with Crippen molar-refractivity contribution in [2.45, 2.75) is 50.7 Å². The summed E-state index contributed by atoms with van der Waals surface area (Å²) >= 11 is 0. The quantitative estimate of drug-likeness (QED) is 0.884. The number of imidazole rings is 1. The normalized spacial score (nSPS) is 28.9. The summed E-state index contributed by atoms with van der Waals surface area (Å²) in [6.07, 6.45) is 5.51. The number of carbonyl (C=O) groups excluding carboxylic acids is 1. The lowest BCUT2D eigenvalue weighted by molar-refractivity contribution is -0.124. The van der Waals surface area contributed by atoms with E-state index in [1.165, 1.54) is 6.42 Å². The van der Waals surface area contributed by atoms with Crippen LogP contribution in [0.5, 0.6) is 0 Å². The van der Waals surface area contributed by atoms with E-state index in [2.05, 4.69) is 5.32 Å². The van der Waals surface area contributed by atoms with Crippen molar-refractivity contribution in [3.8, 4) is 0 Å². The molecule has 2 fully saturated rings. The molecule has 6 nitrogen and oxygen atoms in total. The topological polar surface area (TPSA) is 82.0 Å². The van der Waals surface area contributed by atoms with Gasteiger partial charge in [0.15, 0.2) is 0 Å². The number of nitrogens with one attached hydrogen (secondary N) is 1. The molecule has 3 N–H and O–H groups in total. The van der Waals surface area contributed by atoms with Crippen LogP contribution >= 0.6 is 0 Å². The van der Waals surface area contributed by atoms with Gasteiger partial charge < -0.3 is 11.1 Å². The summed E-state index contributed by atoms with van der Waals surface area (Å²) in [5.41, 5.74) is 7.66. The summed E-state index contributed by atoms with van der Waals surface area (Å²) in [4.78, 5) is 25.2. The first-order valence-corrected chi connectivity index (χ1v) is 9.24. The van der Waals surface area contributed by atoms with Crippen molar-refractivity contribution in [2.75, 3.05) is 0 Å². The molecular weight excluding hydrogens is 316 g/mol. The number of nitrogens with two attached hydrogens (primary N) is 1. The van der Waals surface area contributed by atoms with Crippen LogP contribution in [0.25, 0.3) is 11.0 Å². The molecule has 2 atom stereocenters. The molecule has 2 unspecified atom stereocenters. The zero-order valence-corrected chi connectivity index (χ0v) is 14.6. The molecule has 25 heavy (non-hydrogen) atoms. The number of para-hydroxylation sites is 2. The second-order valence-corrected chi connectivity index (χ2v) is 7.69. The molecule has 134 valence electrons. The third-order valence-electron chi connectivity index (χ3n) is 6.06. The van der Waals surface area contributed by atoms with Gasteiger partial charge in [-0.15, -0.1) is 0 Å². The van der Waals surface area contributed by atoms with E-state index >= 15 is 0 Å². The fourth-order valence-electron chi connectivity index (χ4n) is 4.92. The maximum atomic E-state index is 12.7. The molecule has 0 radical (unpaired) electrons. The predicted octanol–water partition coefficient (Wildman–Crippen LogP) is 1.36. The van der Waals surface area contributed by atoms with Gasteiger partial charge >= 0.3 is 5.69 Å². The van der Waals surface area contributed by atoms with Gasteiger partial charge in [0, 0.05) is 19.1 Å². The number of aryl methyl sites for hydroxylation is 1. The number of aromatic nitrogens is 2. The average Bonchev–Trinajstić information content (AvgIpc) is 2.81. The lowest BCUT2D eigenvalue weighted by atomic mass is 9.67. The van der Waals surface area contributed by atoms with Crippen LogP contribution in [-0.4, -0.2) is 27.1 Å². The minimum atomic E-state index is -0.151. The zero-order valence-electron chi connectivity index (χ0n) is 14.6. The molecule has 2 aliphatic rings. The second kappa shape index (κ2) is 6.33. The number of hydrogen-bond acceptors (Lipinski definition) is 3. The smallest absolute Gasteiger partial charge is 0.329 e. The van der Waals surface area contributed by atoms with Gasteiger partial charge in [0.2, 0.25) is 5.91 Å². The molecular formula is C19H26N4O2. The van der Waals surface area contributed by atoms with Gasteiger partial charge in [-0.05, 0) is 49.7 Å². The molecule has 2 aliphatic carbocycles. The molecule has 1 heterocycles. The molecule has 0 spiro atoms. The van der Waals surface area contributed by atoms with E-state index in [1.807, 2.05) is 24.3 Å². The Morgan fingerprint density at radius 1 is 1.20 bits per heavy atom. The van der Waals surface area contributed by atoms with Gasteiger partial charge in [-0.1, -0.05) is 18.6 Å². The van der Waals surface area contributed by atoms with Crippen molar-refractivity contribution in [3.05, 3.63) is 34.7 Å². The molecule has 6 heteroatoms. The zero-order chi connectivity index (χ0) is 17.6. The number of nitrogens with zero attached hydrogens (tertiary/aromatic N) is 2. The molecule has 4 rings (SSSR count). The highest BCUT2D eigenvalue weighted by Crippen LogP contribution is 2.39. The number of hydrogen-bond donors (Lipinski definition) is 2. The van der Waals surface area contributed by atoms with Crippen LogP contribution in [0.2, 0.25) is 0 Å². The Hall–Kier alpha value is -2.08. The van der Waals surface area contributed by atoms with Gasteiger partial charge in [-0.3, -0.25) is 13.9 Å². The second-order valence-electron chi connectivity index (χ2n) is 7.69. The first-order chi connectivity index (χ1) is 12.0. The Kier molecular flexibility index (Phi) is 4.15. The fourth-order valence-corrected chi connectivity index (χ4v) is 4.92. The van der Waals surface area contributed by atoms with Crippen LogP contribution in [0.4, 0.5) is 0 Å². The van der Waals surface area contributed by atoms with Crippen molar-refractivity contribution in [3.63, 3.8) is 0 Å². The molecule has 1 aromatic heterocycles. The lowest BCUT2D eigenvalue weighted by Crippen LogP contribution is -2.54. The van der Waals surface area contributed by atoms with Crippen LogP contribution in [0, 0.1) is 11.8 Å². The third-order valence-corrected chi connectivity index (χ3v) is 6.06. The van der Waals surface area contributed by atoms with E-state index in [0.717, 1.165) is 36.7 Å². The summed E-state index contributed by atoms with van der Waals surface area (Å²) in [5, 5.41) is 3.23. The fraction of sp³-hybridized carbons (Fsp3) is 0.579. The monoisotopic (exact) mass is 342 g/mol. The molecule has 0 saturated heterocycles. The Balaban J connectivity index is 1.54. The lowest BCUT2D eigenvalue weighted by Gasteiger charge is -2.45. The molecule has 2 aromatic rings. The average molecular weight is 342 g/mol. The Labute approximate surface area is 147 Å². The maximum Gasteiger partial charge on any atom is 0.329 e. The van der Waals surface area contributed by atoms with Crippen LogP contribution in [0.15, 0.2) is 29.1 Å². The number of fused-ring (bicyclic) bond motifs is 3. The Morgan fingerprint density at radius 3 is 2.52 bits per heavy atom. The molecule has 0 aliphatic heterocycles. The standard InChI is InChI=1S/C19H26N4O2/c1-22-15-7-2-3-8-16(15)23(19(22)25)11-17(24)21-18-12-5-4-6-13(18)10-14(20)9-12/h2-3,7-8,12-14,18H,4-6,9-11,20H2,1H3,(H,21,24). The van der Waals surface area contributed by atoms with Crippen molar-refractivity contribution in [1.82, 2.24) is 14.5 Å². The summed E-state index contributed by atoms with van der Waals surface area (Å²) in [5.74, 6) is 0.891. The van der Waals surface area contributed by atoms with Crippen LogP contribution in [0.3, 0.4) is 0 Å². The molecule has 1 amide bonds. The van der Waals surface area contributed by atoms with E-state index in [-0.39, 0.29) is 30.2 Å². The first-order valence-electron chi connectivity index (χ1n) is 9.24. The van der Waals surface area contributed by atoms with E-state index in [0.29, 0.717) is 11.8 Å². The van der Waals surface area contributed by atoms with Crippen LogP contribution in [0.1, 0.15) is 32.1 Å². The van der Waals surface area contributed by atoms with Crippen molar-refractivity contribution < 1.29 is 4.79 Å². The van der Waals surface area contributed by atoms with Gasteiger partial charge in [0.1, 0.15) is 6.54 Å². The molecule has 1 aromatic carbocycles. The summed E-state index contributed by atoms with van der Waals surface area (Å²) in [7, 11) is 1.74. The molecule has 2 bridgehead atoms. The number of carbonyl (C=O) groups is 1. The minimum Gasteiger partial charge on any atom is -0.351 e. The van der Waals surface area contributed by atoms with E-state index in [9.17, 15) is 9.59 Å². The maximum absolute atomic E-state index is 12.7. The SMILES string of the molecule is Cn1c(=O)n(CC(=O)NC2C3CCCC2CC(N)C3)c2ccccc21.